The van der Waals surface area contributed by atoms with Crippen LogP contribution in [0.5, 0.6) is 0 Å². The highest BCUT2D eigenvalue weighted by atomic mass is 16.4. The molecule has 78 valence electrons. The molecule has 4 N–H and O–H groups in total. The molecule has 0 heterocycles. The summed E-state index contributed by atoms with van der Waals surface area (Å²) in [5.41, 5.74) is 1.51. The van der Waals surface area contributed by atoms with Gasteiger partial charge in [-0.15, -0.1) is 0 Å². The number of nitrogens with one attached hydrogen (secondary N) is 1. The van der Waals surface area contributed by atoms with E-state index in [0.717, 1.165) is 11.9 Å². The predicted octanol–water partition coefficient (Wildman–Crippen LogP) is 0.890. The highest BCUT2D eigenvalue weighted by Crippen LogP contribution is 2.00. The molecule has 4 nitrogen and oxygen atoms in total. The number of para-hydroxylation sites is 1. The number of carbonyl (C=O) groups is 1. The fourth-order valence-corrected chi connectivity index (χ4v) is 1.22. The Kier molecular flexibility index (Phi) is 3.76. The van der Waals surface area contributed by atoms with Crippen LogP contribution in [0.1, 0.15) is 6.92 Å². The van der Waals surface area contributed by atoms with E-state index in [1.54, 1.807) is 12.2 Å². The lowest BCUT2D eigenvalue weighted by Crippen LogP contribution is -2.75. The van der Waals surface area contributed by atoms with Gasteiger partial charge in [0.25, 0.3) is 0 Å². The van der Waals surface area contributed by atoms with Crippen LogP contribution in [-0.2, 0) is 4.79 Å². The third kappa shape index (κ3) is 3.03. The highest BCUT2D eigenvalue weighted by Gasteiger charge is 2.12. The van der Waals surface area contributed by atoms with Crippen LogP contribution in [0.4, 0.5) is 5.69 Å². The first kappa shape index (κ1) is 11.1. The number of carboxylic acid groups (broad SMARTS) is 1. The average Bonchev–Trinajstić information content (AvgIpc) is 2.19. The molecule has 0 unspecified atom stereocenters. The fraction of sp³-hybridized carbons (Fsp3) is 0.0909. The number of hydrogen-bond acceptors (Lipinski definition) is 2. The standard InChI is InChI=1S/C11H12N2O2/c1-8(10(7-12)11(14)15)13-9-5-3-2-4-6-9/h2-7,12-13H,1H3,(H,14,15)/p+1/b10-8+,12-7?. The molecule has 0 aliphatic heterocycles. The van der Waals surface area contributed by atoms with Gasteiger partial charge in [0.2, 0.25) is 0 Å². The summed E-state index contributed by atoms with van der Waals surface area (Å²) in [5.74, 6) is -1.07. The van der Waals surface area contributed by atoms with E-state index in [4.69, 9.17) is 10.5 Å². The molecule has 0 aliphatic rings. The van der Waals surface area contributed by atoms with Crippen molar-refractivity contribution in [1.29, 1.82) is 5.41 Å². The summed E-state index contributed by atoms with van der Waals surface area (Å²) in [5, 5.41) is 17.5. The minimum Gasteiger partial charge on any atom is -0.477 e. The fourth-order valence-electron chi connectivity index (χ4n) is 1.22. The summed E-state index contributed by atoms with van der Waals surface area (Å²) < 4.78 is 0. The molecular formula is C11H13N2O2+. The lowest BCUT2D eigenvalue weighted by atomic mass is 10.2. The van der Waals surface area contributed by atoms with Crippen LogP contribution in [0.3, 0.4) is 0 Å². The first-order chi connectivity index (χ1) is 7.15. The van der Waals surface area contributed by atoms with Gasteiger partial charge < -0.3 is 10.5 Å². The Morgan fingerprint density at radius 3 is 2.47 bits per heavy atom. The molecule has 0 amide bonds. The third-order valence-corrected chi connectivity index (χ3v) is 1.98. The van der Waals surface area contributed by atoms with Gasteiger partial charge in [-0.3, -0.25) is 5.32 Å². The summed E-state index contributed by atoms with van der Waals surface area (Å²) in [4.78, 5) is 10.7. The SMILES string of the molecule is C/C([NH2+]c1ccccc1)=C(/C=N)C(=O)O. The van der Waals surface area contributed by atoms with Crippen LogP contribution in [0, 0.1) is 5.41 Å². The van der Waals surface area contributed by atoms with E-state index in [1.165, 1.54) is 0 Å². The van der Waals surface area contributed by atoms with Crippen LogP contribution < -0.4 is 5.32 Å². The van der Waals surface area contributed by atoms with Crippen molar-refractivity contribution >= 4 is 17.9 Å². The number of hydrogen-bond donors (Lipinski definition) is 3. The topological polar surface area (TPSA) is 77.8 Å². The minimum absolute atomic E-state index is 0.0128. The van der Waals surface area contributed by atoms with E-state index in [0.29, 0.717) is 5.70 Å². The Labute approximate surface area is 87.8 Å². The van der Waals surface area contributed by atoms with Crippen molar-refractivity contribution in [3.63, 3.8) is 0 Å². The molecule has 0 aliphatic carbocycles. The van der Waals surface area contributed by atoms with Crippen molar-refractivity contribution in [3.05, 3.63) is 41.6 Å². The number of nitrogens with two attached hydrogens (primary N) is 1. The maximum Gasteiger partial charge on any atom is 0.342 e. The Bertz CT molecular complexity index is 396. The zero-order chi connectivity index (χ0) is 11.3. The van der Waals surface area contributed by atoms with Crippen LogP contribution in [-0.4, -0.2) is 17.3 Å². The lowest BCUT2D eigenvalue weighted by molar-refractivity contribution is -0.517. The van der Waals surface area contributed by atoms with Crippen LogP contribution in [0.25, 0.3) is 0 Å². The second-order valence-corrected chi connectivity index (χ2v) is 3.10. The van der Waals surface area contributed by atoms with E-state index < -0.39 is 5.97 Å². The molecule has 0 atom stereocenters. The Morgan fingerprint density at radius 2 is 2.00 bits per heavy atom. The first-order valence-electron chi connectivity index (χ1n) is 4.49. The largest absolute Gasteiger partial charge is 0.477 e. The average molecular weight is 205 g/mol. The number of quaternary nitrogens is 1. The molecule has 1 rings (SSSR count). The Hall–Kier alpha value is -1.94. The van der Waals surface area contributed by atoms with E-state index >= 15 is 0 Å². The lowest BCUT2D eigenvalue weighted by Gasteiger charge is -2.01. The van der Waals surface area contributed by atoms with Gasteiger partial charge in [-0.25, -0.2) is 4.79 Å². The maximum atomic E-state index is 10.7. The van der Waals surface area contributed by atoms with E-state index in [1.807, 2.05) is 30.3 Å². The van der Waals surface area contributed by atoms with Gasteiger partial charge in [0.05, 0.1) is 0 Å². The van der Waals surface area contributed by atoms with Gasteiger partial charge >= 0.3 is 5.97 Å². The summed E-state index contributed by atoms with van der Waals surface area (Å²) in [7, 11) is 0. The van der Waals surface area contributed by atoms with Crippen molar-refractivity contribution in [2.24, 2.45) is 0 Å². The van der Waals surface area contributed by atoms with Gasteiger partial charge in [0, 0.05) is 13.1 Å². The van der Waals surface area contributed by atoms with Crippen molar-refractivity contribution in [2.45, 2.75) is 6.92 Å². The zero-order valence-electron chi connectivity index (χ0n) is 8.40. The van der Waals surface area contributed by atoms with Gasteiger partial charge in [0.15, 0.2) is 0 Å². The Balaban J connectivity index is 2.91. The monoisotopic (exact) mass is 205 g/mol. The molecule has 0 saturated carbocycles. The van der Waals surface area contributed by atoms with Crippen LogP contribution in [0.2, 0.25) is 0 Å². The Morgan fingerprint density at radius 1 is 1.40 bits per heavy atom. The normalized spacial score (nSPS) is 11.8. The van der Waals surface area contributed by atoms with Crippen LogP contribution in [0.15, 0.2) is 41.6 Å². The molecule has 15 heavy (non-hydrogen) atoms. The van der Waals surface area contributed by atoms with E-state index in [2.05, 4.69) is 0 Å². The second kappa shape index (κ2) is 5.07. The molecule has 0 fully saturated rings. The third-order valence-electron chi connectivity index (χ3n) is 1.98. The molecule has 0 aromatic heterocycles. The van der Waals surface area contributed by atoms with E-state index in [9.17, 15) is 4.79 Å². The number of aliphatic carboxylic acids is 1. The number of benzene rings is 1. The smallest absolute Gasteiger partial charge is 0.342 e. The van der Waals surface area contributed by atoms with Crippen molar-refractivity contribution in [1.82, 2.24) is 0 Å². The molecule has 0 bridgehead atoms. The number of allylic oxidation sites excluding steroid dienone is 1. The summed E-state index contributed by atoms with van der Waals surface area (Å²) in [6, 6.07) is 9.42. The maximum absolute atomic E-state index is 10.7. The van der Waals surface area contributed by atoms with Crippen LogP contribution >= 0.6 is 0 Å². The predicted molar refractivity (Wildman–Crippen MR) is 57.1 cm³/mol. The zero-order valence-corrected chi connectivity index (χ0v) is 8.40. The molecular weight excluding hydrogens is 192 g/mol. The molecule has 0 spiro atoms. The van der Waals surface area contributed by atoms with Gasteiger partial charge in [-0.1, -0.05) is 18.2 Å². The highest BCUT2D eigenvalue weighted by molar-refractivity contribution is 6.07. The molecule has 4 heteroatoms. The van der Waals surface area contributed by atoms with Gasteiger partial charge in [0.1, 0.15) is 17.0 Å². The molecule has 0 saturated heterocycles. The van der Waals surface area contributed by atoms with Crippen molar-refractivity contribution in [2.75, 3.05) is 0 Å². The van der Waals surface area contributed by atoms with Crippen molar-refractivity contribution in [3.8, 4) is 0 Å². The molecule has 1 aromatic rings. The van der Waals surface area contributed by atoms with Gasteiger partial charge in [-0.2, -0.15) is 0 Å². The van der Waals surface area contributed by atoms with E-state index in [-0.39, 0.29) is 5.57 Å². The summed E-state index contributed by atoms with van der Waals surface area (Å²) in [6.45, 7) is 1.68. The molecule has 0 radical (unpaired) electrons. The minimum atomic E-state index is -1.07. The number of carboxylic acids is 1. The summed E-state index contributed by atoms with van der Waals surface area (Å²) in [6.07, 6.45) is 0.858. The number of rotatable bonds is 4. The molecule has 1 aromatic carbocycles. The second-order valence-electron chi connectivity index (χ2n) is 3.10. The first-order valence-corrected chi connectivity index (χ1v) is 4.49. The summed E-state index contributed by atoms with van der Waals surface area (Å²) >= 11 is 0. The quantitative estimate of drug-likeness (QED) is 0.388. The van der Waals surface area contributed by atoms with Crippen molar-refractivity contribution < 1.29 is 15.2 Å². The van der Waals surface area contributed by atoms with Gasteiger partial charge in [-0.05, 0) is 12.1 Å².